The third kappa shape index (κ3) is 5.28. The maximum atomic E-state index is 13.0. The molecule has 0 aliphatic rings. The number of aliphatic hydroxyl groups is 1. The minimum absolute atomic E-state index is 0.153. The highest BCUT2D eigenvalue weighted by Gasteiger charge is 2.13. The molecule has 1 aromatic rings. The van der Waals surface area contributed by atoms with Gasteiger partial charge in [-0.15, -0.1) is 0 Å². The average molecular weight is 332 g/mol. The summed E-state index contributed by atoms with van der Waals surface area (Å²) in [5.74, 6) is -0.377. The van der Waals surface area contributed by atoms with E-state index in [1.165, 1.54) is 6.07 Å². The van der Waals surface area contributed by atoms with E-state index in [9.17, 15) is 14.3 Å². The van der Waals surface area contributed by atoms with Crippen LogP contribution in [-0.4, -0.2) is 23.7 Å². The molecular weight excluding hydrogens is 313 g/mol. The van der Waals surface area contributed by atoms with Gasteiger partial charge < -0.3 is 10.4 Å². The number of aliphatic hydroxyl groups excluding tert-OH is 1. The average Bonchev–Trinajstić information content (AvgIpc) is 2.39. The lowest BCUT2D eigenvalue weighted by atomic mass is 10.0. The van der Waals surface area contributed by atoms with Crippen LogP contribution in [-0.2, 0) is 11.2 Å². The predicted molar refractivity (Wildman–Crippen MR) is 76.3 cm³/mol. The van der Waals surface area contributed by atoms with Crippen LogP contribution in [0.1, 0.15) is 25.8 Å². The Labute approximate surface area is 121 Å². The van der Waals surface area contributed by atoms with Gasteiger partial charge in [0.25, 0.3) is 0 Å². The van der Waals surface area contributed by atoms with Gasteiger partial charge in [-0.05, 0) is 39.5 Å². The van der Waals surface area contributed by atoms with E-state index < -0.39 is 6.10 Å². The van der Waals surface area contributed by atoms with Crippen molar-refractivity contribution >= 4 is 21.8 Å². The lowest BCUT2D eigenvalue weighted by molar-refractivity contribution is -0.121. The quantitative estimate of drug-likeness (QED) is 0.841. The smallest absolute Gasteiger partial charge is 0.224 e. The third-order valence-electron chi connectivity index (χ3n) is 3.16. The molecule has 2 N–H and O–H groups in total. The van der Waals surface area contributed by atoms with Crippen molar-refractivity contribution in [3.63, 3.8) is 0 Å². The largest absolute Gasteiger partial charge is 0.391 e. The lowest BCUT2D eigenvalue weighted by Crippen LogP contribution is -2.36. The number of nitrogens with one attached hydrogen (secondary N) is 1. The molecule has 0 spiro atoms. The van der Waals surface area contributed by atoms with Crippen molar-refractivity contribution in [1.29, 1.82) is 0 Å². The van der Waals surface area contributed by atoms with Gasteiger partial charge in [0.1, 0.15) is 5.82 Å². The van der Waals surface area contributed by atoms with Crippen LogP contribution in [0.3, 0.4) is 0 Å². The Morgan fingerprint density at radius 3 is 2.79 bits per heavy atom. The fraction of sp³-hybridized carbons (Fsp3) is 0.500. The van der Waals surface area contributed by atoms with Crippen molar-refractivity contribution in [1.82, 2.24) is 5.32 Å². The van der Waals surface area contributed by atoms with Crippen LogP contribution in [0.5, 0.6) is 0 Å². The molecule has 0 fully saturated rings. The van der Waals surface area contributed by atoms with E-state index in [4.69, 9.17) is 0 Å². The van der Waals surface area contributed by atoms with Crippen molar-refractivity contribution in [2.24, 2.45) is 5.92 Å². The van der Waals surface area contributed by atoms with Gasteiger partial charge in [-0.1, -0.05) is 26.3 Å². The Morgan fingerprint density at radius 1 is 1.53 bits per heavy atom. The number of amides is 1. The zero-order chi connectivity index (χ0) is 14.4. The summed E-state index contributed by atoms with van der Waals surface area (Å²) in [7, 11) is 0. The van der Waals surface area contributed by atoms with Crippen LogP contribution in [0.4, 0.5) is 4.39 Å². The van der Waals surface area contributed by atoms with E-state index in [1.807, 2.05) is 13.8 Å². The zero-order valence-corrected chi connectivity index (χ0v) is 12.7. The van der Waals surface area contributed by atoms with Gasteiger partial charge in [0.2, 0.25) is 5.91 Å². The van der Waals surface area contributed by atoms with Gasteiger partial charge in [0, 0.05) is 6.54 Å². The first-order valence-corrected chi connectivity index (χ1v) is 7.12. The molecule has 106 valence electrons. The molecule has 0 radical (unpaired) electrons. The van der Waals surface area contributed by atoms with E-state index in [0.717, 1.165) is 12.0 Å². The van der Waals surface area contributed by atoms with Crippen molar-refractivity contribution in [3.05, 3.63) is 34.1 Å². The van der Waals surface area contributed by atoms with Crippen molar-refractivity contribution in [2.75, 3.05) is 6.54 Å². The predicted octanol–water partition coefficient (Wildman–Crippen LogP) is 2.65. The maximum absolute atomic E-state index is 13.0. The molecule has 5 heteroatoms. The Bertz CT molecular complexity index is 439. The summed E-state index contributed by atoms with van der Waals surface area (Å²) in [4.78, 5) is 11.7. The number of hydrogen-bond acceptors (Lipinski definition) is 2. The number of hydrogen-bond donors (Lipinski definition) is 2. The molecule has 0 aromatic heterocycles. The lowest BCUT2D eigenvalue weighted by Gasteiger charge is -2.17. The van der Waals surface area contributed by atoms with Crippen molar-refractivity contribution < 1.29 is 14.3 Å². The van der Waals surface area contributed by atoms with Gasteiger partial charge in [0.05, 0.1) is 17.0 Å². The molecule has 0 heterocycles. The number of carbonyl (C=O) groups excluding carboxylic acids is 1. The van der Waals surface area contributed by atoms with E-state index in [-0.39, 0.29) is 30.6 Å². The standard InChI is InChI=1S/C14H19BrFNO2/c1-3-9(2)13(18)8-17-14(19)7-10-4-5-12(16)11(15)6-10/h4-6,9,13,18H,3,7-8H2,1-2H3,(H,17,19). The van der Waals surface area contributed by atoms with E-state index >= 15 is 0 Å². The maximum Gasteiger partial charge on any atom is 0.224 e. The Kier molecular flexibility index (Phi) is 6.45. The molecule has 3 nitrogen and oxygen atoms in total. The summed E-state index contributed by atoms with van der Waals surface area (Å²) in [6, 6.07) is 4.48. The van der Waals surface area contributed by atoms with Gasteiger partial charge >= 0.3 is 0 Å². The molecular formula is C14H19BrFNO2. The molecule has 1 rings (SSSR count). The second-order valence-corrected chi connectivity index (χ2v) is 5.54. The van der Waals surface area contributed by atoms with Crippen molar-refractivity contribution in [2.45, 2.75) is 32.8 Å². The van der Waals surface area contributed by atoms with Crippen LogP contribution in [0, 0.1) is 11.7 Å². The molecule has 2 atom stereocenters. The molecule has 0 aliphatic carbocycles. The molecule has 1 aromatic carbocycles. The van der Waals surface area contributed by atoms with Gasteiger partial charge in [-0.3, -0.25) is 4.79 Å². The van der Waals surface area contributed by atoms with Gasteiger partial charge in [0.15, 0.2) is 0 Å². The second-order valence-electron chi connectivity index (χ2n) is 4.68. The Hall–Kier alpha value is -0.940. The summed E-state index contributed by atoms with van der Waals surface area (Å²) >= 11 is 3.08. The summed E-state index contributed by atoms with van der Waals surface area (Å²) in [6.45, 7) is 4.18. The molecule has 0 bridgehead atoms. The molecule has 0 saturated heterocycles. The highest BCUT2D eigenvalue weighted by molar-refractivity contribution is 9.10. The van der Waals surface area contributed by atoms with E-state index in [0.29, 0.717) is 4.47 Å². The van der Waals surface area contributed by atoms with Crippen LogP contribution in [0.15, 0.2) is 22.7 Å². The summed E-state index contributed by atoms with van der Waals surface area (Å²) in [6.07, 6.45) is 0.502. The first kappa shape index (κ1) is 16.1. The fourth-order valence-electron chi connectivity index (χ4n) is 1.59. The highest BCUT2D eigenvalue weighted by Crippen LogP contribution is 2.17. The number of halogens is 2. The fourth-order valence-corrected chi connectivity index (χ4v) is 2.02. The topological polar surface area (TPSA) is 49.3 Å². The van der Waals surface area contributed by atoms with Gasteiger partial charge in [-0.2, -0.15) is 0 Å². The first-order chi connectivity index (χ1) is 8.93. The molecule has 0 saturated carbocycles. The van der Waals surface area contributed by atoms with E-state index in [1.54, 1.807) is 12.1 Å². The first-order valence-electron chi connectivity index (χ1n) is 6.32. The zero-order valence-electron chi connectivity index (χ0n) is 11.1. The second kappa shape index (κ2) is 7.60. The number of rotatable bonds is 6. The minimum atomic E-state index is -0.533. The van der Waals surface area contributed by atoms with Crippen molar-refractivity contribution in [3.8, 4) is 0 Å². The van der Waals surface area contributed by atoms with Crippen LogP contribution >= 0.6 is 15.9 Å². The van der Waals surface area contributed by atoms with Crippen LogP contribution in [0.2, 0.25) is 0 Å². The molecule has 0 aliphatic heterocycles. The molecule has 2 unspecified atom stereocenters. The SMILES string of the molecule is CCC(C)C(O)CNC(=O)Cc1ccc(F)c(Br)c1. The summed E-state index contributed by atoms with van der Waals surface area (Å²) in [5.41, 5.74) is 0.726. The minimum Gasteiger partial charge on any atom is -0.391 e. The Morgan fingerprint density at radius 2 is 2.21 bits per heavy atom. The van der Waals surface area contributed by atoms with Crippen LogP contribution in [0.25, 0.3) is 0 Å². The molecule has 19 heavy (non-hydrogen) atoms. The Balaban J connectivity index is 2.45. The van der Waals surface area contributed by atoms with E-state index in [2.05, 4.69) is 21.2 Å². The summed E-state index contributed by atoms with van der Waals surface area (Å²) < 4.78 is 13.4. The normalized spacial score (nSPS) is 13.9. The third-order valence-corrected chi connectivity index (χ3v) is 3.77. The van der Waals surface area contributed by atoms with Gasteiger partial charge in [-0.25, -0.2) is 4.39 Å². The molecule has 1 amide bonds. The highest BCUT2D eigenvalue weighted by atomic mass is 79.9. The summed E-state index contributed by atoms with van der Waals surface area (Å²) in [5, 5.41) is 12.4. The van der Waals surface area contributed by atoms with Crippen LogP contribution < -0.4 is 5.32 Å². The monoisotopic (exact) mass is 331 g/mol. The number of benzene rings is 1. The number of carbonyl (C=O) groups is 1.